The average molecular weight is 350 g/mol. The first-order valence-electron chi connectivity index (χ1n) is 7.71. The molecule has 0 saturated heterocycles. The van der Waals surface area contributed by atoms with Gasteiger partial charge in [-0.3, -0.25) is 0 Å². The summed E-state index contributed by atoms with van der Waals surface area (Å²) >= 11 is 0. The number of ether oxygens (including phenoxy) is 2. The molecule has 0 fully saturated rings. The van der Waals surface area contributed by atoms with Gasteiger partial charge in [0.05, 0.1) is 14.2 Å². The van der Waals surface area contributed by atoms with Gasteiger partial charge in [-0.1, -0.05) is 6.07 Å². The highest BCUT2D eigenvalue weighted by atomic mass is 35.5. The van der Waals surface area contributed by atoms with Gasteiger partial charge in [-0.2, -0.15) is 0 Å². The van der Waals surface area contributed by atoms with Crippen LogP contribution >= 0.6 is 12.4 Å². The van der Waals surface area contributed by atoms with E-state index >= 15 is 0 Å². The molecule has 2 aromatic rings. The van der Waals surface area contributed by atoms with E-state index in [-0.39, 0.29) is 29.9 Å². The van der Waals surface area contributed by atoms with Gasteiger partial charge >= 0.3 is 0 Å². The number of nitrogens with one attached hydrogen (secondary N) is 1. The van der Waals surface area contributed by atoms with Gasteiger partial charge in [-0.15, -0.1) is 12.4 Å². The fourth-order valence-corrected chi connectivity index (χ4v) is 3.92. The van der Waals surface area contributed by atoms with Gasteiger partial charge < -0.3 is 25.0 Å². The Balaban J connectivity index is 0.00000169. The van der Waals surface area contributed by atoms with Gasteiger partial charge in [-0.05, 0) is 48.2 Å². The fraction of sp³-hybridized carbons (Fsp3) is 0.333. The van der Waals surface area contributed by atoms with Crippen molar-refractivity contribution >= 4 is 12.4 Å². The van der Waals surface area contributed by atoms with Gasteiger partial charge in [0.2, 0.25) is 0 Å². The Labute approximate surface area is 146 Å². The predicted octanol–water partition coefficient (Wildman–Crippen LogP) is 2.95. The molecular weight excluding hydrogens is 330 g/mol. The van der Waals surface area contributed by atoms with Crippen LogP contribution in [0.2, 0.25) is 0 Å². The molecule has 3 N–H and O–H groups in total. The Hall–Kier alpha value is -2.11. The van der Waals surface area contributed by atoms with Gasteiger partial charge in [0.25, 0.3) is 0 Å². The van der Waals surface area contributed by atoms with Crippen LogP contribution in [-0.2, 0) is 12.8 Å². The van der Waals surface area contributed by atoms with Crippen LogP contribution in [0, 0.1) is 0 Å². The van der Waals surface area contributed by atoms with E-state index in [1.54, 1.807) is 26.4 Å². The summed E-state index contributed by atoms with van der Waals surface area (Å²) in [7, 11) is 3.09. The summed E-state index contributed by atoms with van der Waals surface area (Å²) in [6.07, 6.45) is 1.67. The van der Waals surface area contributed by atoms with Crippen LogP contribution in [0.5, 0.6) is 23.0 Å². The number of rotatable bonds is 2. The van der Waals surface area contributed by atoms with Crippen LogP contribution in [-0.4, -0.2) is 31.0 Å². The van der Waals surface area contributed by atoms with Crippen LogP contribution in [0.4, 0.5) is 0 Å². The zero-order chi connectivity index (χ0) is 16.1. The molecule has 0 bridgehead atoms. The highest BCUT2D eigenvalue weighted by molar-refractivity contribution is 5.88. The number of hydrogen-bond donors (Lipinski definition) is 3. The number of phenols is 2. The standard InChI is InChI=1S/C18H19NO4.ClH/c1-22-17-12(20)4-3-9-7-11-14-10(5-6-19-11)8-13(21)18(23-2)16(14)15(9)17;/h3-4,8,11,19-21H,5-7H2,1-2H3;1H/t11-;/m0./s1. The predicted molar refractivity (Wildman–Crippen MR) is 93.7 cm³/mol. The maximum absolute atomic E-state index is 10.4. The maximum Gasteiger partial charge on any atom is 0.168 e. The van der Waals surface area contributed by atoms with Gasteiger partial charge in [-0.25, -0.2) is 0 Å². The Morgan fingerprint density at radius 1 is 1.00 bits per heavy atom. The SMILES string of the molecule is COc1c(O)ccc2c1-c1c(OC)c(O)cc3c1[C@H](C2)NCC3.Cl. The number of halogens is 1. The lowest BCUT2D eigenvalue weighted by atomic mass is 9.77. The molecule has 0 saturated carbocycles. The molecular formula is C18H20ClNO4. The molecule has 0 unspecified atom stereocenters. The molecule has 6 heteroatoms. The minimum atomic E-state index is 0. The molecule has 0 radical (unpaired) electrons. The molecule has 5 nitrogen and oxygen atoms in total. The zero-order valence-electron chi connectivity index (χ0n) is 13.5. The van der Waals surface area contributed by atoms with E-state index in [4.69, 9.17) is 9.47 Å². The Bertz CT molecular complexity index is 806. The minimum Gasteiger partial charge on any atom is -0.504 e. The number of aromatic hydroxyl groups is 2. The summed E-state index contributed by atoms with van der Waals surface area (Å²) in [5.41, 5.74) is 4.98. The molecule has 1 aliphatic heterocycles. The molecule has 1 aliphatic carbocycles. The highest BCUT2D eigenvalue weighted by Crippen LogP contribution is 2.54. The Morgan fingerprint density at radius 2 is 1.71 bits per heavy atom. The lowest BCUT2D eigenvalue weighted by molar-refractivity contribution is 0.364. The van der Waals surface area contributed by atoms with E-state index in [2.05, 4.69) is 5.32 Å². The molecule has 4 rings (SSSR count). The van der Waals surface area contributed by atoms with Crippen molar-refractivity contribution in [2.45, 2.75) is 18.9 Å². The number of benzene rings is 2. The number of fused-ring (bicyclic) bond motifs is 2. The first kappa shape index (κ1) is 16.7. The Kier molecular flexibility index (Phi) is 4.24. The lowest BCUT2D eigenvalue weighted by Gasteiger charge is -2.36. The first-order chi connectivity index (χ1) is 11.2. The molecule has 1 heterocycles. The van der Waals surface area contributed by atoms with Crippen LogP contribution < -0.4 is 14.8 Å². The molecule has 2 aliphatic rings. The van der Waals surface area contributed by atoms with Crippen LogP contribution in [0.25, 0.3) is 11.1 Å². The van der Waals surface area contributed by atoms with E-state index in [9.17, 15) is 10.2 Å². The van der Waals surface area contributed by atoms with Crippen LogP contribution in [0.1, 0.15) is 22.7 Å². The van der Waals surface area contributed by atoms with Crippen molar-refractivity contribution < 1.29 is 19.7 Å². The summed E-state index contributed by atoms with van der Waals surface area (Å²) in [5.74, 6) is 1.08. The minimum absolute atomic E-state index is 0. The van der Waals surface area contributed by atoms with Crippen molar-refractivity contribution in [3.8, 4) is 34.1 Å². The molecule has 0 spiro atoms. The normalized spacial score (nSPS) is 17.3. The zero-order valence-corrected chi connectivity index (χ0v) is 14.4. The van der Waals surface area contributed by atoms with E-state index < -0.39 is 0 Å². The molecule has 1 atom stereocenters. The van der Waals surface area contributed by atoms with Crippen molar-refractivity contribution in [3.63, 3.8) is 0 Å². The van der Waals surface area contributed by atoms with Gasteiger partial charge in [0, 0.05) is 17.2 Å². The monoisotopic (exact) mass is 349 g/mol. The van der Waals surface area contributed by atoms with E-state index in [0.717, 1.165) is 47.2 Å². The smallest absolute Gasteiger partial charge is 0.168 e. The Morgan fingerprint density at radius 3 is 2.42 bits per heavy atom. The third-order valence-corrected chi connectivity index (χ3v) is 4.82. The van der Waals surface area contributed by atoms with Crippen LogP contribution in [0.3, 0.4) is 0 Å². The largest absolute Gasteiger partial charge is 0.504 e. The second kappa shape index (κ2) is 6.07. The average Bonchev–Trinajstić information content (AvgIpc) is 2.55. The number of hydrogen-bond acceptors (Lipinski definition) is 5. The van der Waals surface area contributed by atoms with Crippen molar-refractivity contribution in [1.82, 2.24) is 5.32 Å². The fourth-order valence-electron chi connectivity index (χ4n) is 3.92. The molecule has 0 amide bonds. The van der Waals surface area contributed by atoms with E-state index in [0.29, 0.717) is 11.5 Å². The lowest BCUT2D eigenvalue weighted by Crippen LogP contribution is -2.33. The molecule has 0 aromatic heterocycles. The third-order valence-electron chi connectivity index (χ3n) is 4.82. The first-order valence-corrected chi connectivity index (χ1v) is 7.71. The topological polar surface area (TPSA) is 71.0 Å². The summed E-state index contributed by atoms with van der Waals surface area (Å²) in [4.78, 5) is 0. The third kappa shape index (κ3) is 2.19. The van der Waals surface area contributed by atoms with Crippen molar-refractivity contribution in [2.24, 2.45) is 0 Å². The van der Waals surface area contributed by atoms with Crippen molar-refractivity contribution in [3.05, 3.63) is 34.9 Å². The van der Waals surface area contributed by atoms with Crippen molar-refractivity contribution in [2.75, 3.05) is 20.8 Å². The van der Waals surface area contributed by atoms with Crippen LogP contribution in [0.15, 0.2) is 18.2 Å². The maximum atomic E-state index is 10.4. The van der Waals surface area contributed by atoms with Gasteiger partial charge in [0.1, 0.15) is 0 Å². The molecule has 2 aromatic carbocycles. The quantitative estimate of drug-likeness (QED) is 0.777. The van der Waals surface area contributed by atoms with Gasteiger partial charge in [0.15, 0.2) is 23.0 Å². The number of phenolic OH excluding ortho intramolecular Hbond substituents is 2. The second-order valence-corrected chi connectivity index (χ2v) is 5.99. The summed E-state index contributed by atoms with van der Waals surface area (Å²) in [6.45, 7) is 0.882. The molecule has 24 heavy (non-hydrogen) atoms. The molecule has 128 valence electrons. The van der Waals surface area contributed by atoms with Crippen molar-refractivity contribution in [1.29, 1.82) is 0 Å². The van der Waals surface area contributed by atoms with E-state index in [1.165, 1.54) is 0 Å². The summed E-state index contributed by atoms with van der Waals surface area (Å²) in [5, 5.41) is 24.1. The summed E-state index contributed by atoms with van der Waals surface area (Å²) in [6, 6.07) is 5.55. The number of methoxy groups -OCH3 is 2. The summed E-state index contributed by atoms with van der Waals surface area (Å²) < 4.78 is 11.0. The van der Waals surface area contributed by atoms with E-state index in [1.807, 2.05) is 6.07 Å². The second-order valence-electron chi connectivity index (χ2n) is 5.99. The highest BCUT2D eigenvalue weighted by Gasteiger charge is 2.35.